The lowest BCUT2D eigenvalue weighted by molar-refractivity contribution is -0.130. The number of imide groups is 1. The normalized spacial score (nSPS) is 16.3. The summed E-state index contributed by atoms with van der Waals surface area (Å²) in [7, 11) is 0. The molecule has 2 aromatic carbocycles. The van der Waals surface area contributed by atoms with Crippen molar-refractivity contribution in [1.82, 2.24) is 15.2 Å². The number of urea groups is 1. The van der Waals surface area contributed by atoms with E-state index in [2.05, 4.69) is 15.6 Å². The summed E-state index contributed by atoms with van der Waals surface area (Å²) in [4.78, 5) is 41.3. The maximum atomic E-state index is 12.7. The van der Waals surface area contributed by atoms with Crippen molar-refractivity contribution in [2.75, 3.05) is 11.9 Å². The minimum atomic E-state index is -0.732. The van der Waals surface area contributed by atoms with Crippen molar-refractivity contribution in [3.63, 3.8) is 0 Å². The smallest absolute Gasteiger partial charge is 0.325 e. The molecule has 0 unspecified atom stereocenters. The molecule has 7 nitrogen and oxygen atoms in total. The van der Waals surface area contributed by atoms with Crippen molar-refractivity contribution in [2.45, 2.75) is 12.5 Å². The Hall–Kier alpha value is -3.03. The van der Waals surface area contributed by atoms with E-state index in [1.54, 1.807) is 18.2 Å². The molecule has 0 radical (unpaired) electrons. The zero-order valence-corrected chi connectivity index (χ0v) is 16.6. The molecule has 0 spiro atoms. The monoisotopic (exact) mass is 430 g/mol. The second kappa shape index (κ2) is 7.77. The first kappa shape index (κ1) is 19.3. The van der Waals surface area contributed by atoms with Gasteiger partial charge in [-0.3, -0.25) is 14.5 Å². The Bertz CT molecular complexity index is 1130. The van der Waals surface area contributed by atoms with Gasteiger partial charge in [-0.1, -0.05) is 47.5 Å². The number of benzene rings is 2. The van der Waals surface area contributed by atoms with Gasteiger partial charge in [-0.05, 0) is 23.8 Å². The van der Waals surface area contributed by atoms with E-state index in [0.29, 0.717) is 17.1 Å². The zero-order chi connectivity index (χ0) is 20.5. The minimum Gasteiger partial charge on any atom is -0.361 e. The summed E-state index contributed by atoms with van der Waals surface area (Å²) < 4.78 is 0. The minimum absolute atomic E-state index is 0.192. The van der Waals surface area contributed by atoms with Crippen LogP contribution >= 0.6 is 23.2 Å². The summed E-state index contributed by atoms with van der Waals surface area (Å²) in [6, 6.07) is 11.2. The van der Waals surface area contributed by atoms with Crippen LogP contribution < -0.4 is 10.6 Å². The number of hydrogen-bond donors (Lipinski definition) is 3. The summed E-state index contributed by atoms with van der Waals surface area (Å²) in [6.45, 7) is -0.419. The predicted octanol–water partition coefficient (Wildman–Crippen LogP) is 3.58. The van der Waals surface area contributed by atoms with E-state index in [1.807, 2.05) is 30.5 Å². The molecule has 1 atom stereocenters. The first-order chi connectivity index (χ1) is 13.9. The Balaban J connectivity index is 1.44. The SMILES string of the molecule is O=C(CN1C(=O)N[C@@H](Cc2c[nH]c3ccccc23)C1=O)Nc1cccc(Cl)c1Cl. The van der Waals surface area contributed by atoms with Crippen molar-refractivity contribution < 1.29 is 14.4 Å². The van der Waals surface area contributed by atoms with Gasteiger partial charge in [0.05, 0.1) is 15.7 Å². The topological polar surface area (TPSA) is 94.3 Å². The third-order valence-electron chi connectivity index (χ3n) is 4.73. The summed E-state index contributed by atoms with van der Waals surface area (Å²) in [5.74, 6) is -1.00. The van der Waals surface area contributed by atoms with Crippen LogP contribution in [0.4, 0.5) is 10.5 Å². The second-order valence-corrected chi connectivity index (χ2v) is 7.42. The van der Waals surface area contributed by atoms with Gasteiger partial charge in [0, 0.05) is 23.5 Å². The number of carbonyl (C=O) groups is 3. The molecule has 29 heavy (non-hydrogen) atoms. The molecule has 1 fully saturated rings. The number of para-hydroxylation sites is 1. The molecule has 1 saturated heterocycles. The lowest BCUT2D eigenvalue weighted by Crippen LogP contribution is -2.38. The van der Waals surface area contributed by atoms with Gasteiger partial charge in [0.1, 0.15) is 12.6 Å². The van der Waals surface area contributed by atoms with Gasteiger partial charge < -0.3 is 15.6 Å². The van der Waals surface area contributed by atoms with Crippen LogP contribution in [0.15, 0.2) is 48.7 Å². The van der Waals surface area contributed by atoms with E-state index >= 15 is 0 Å². The molecule has 0 bridgehead atoms. The molecule has 3 N–H and O–H groups in total. The van der Waals surface area contributed by atoms with Crippen molar-refractivity contribution in [3.8, 4) is 0 Å². The molecule has 2 heterocycles. The van der Waals surface area contributed by atoms with Crippen LogP contribution in [-0.2, 0) is 16.0 Å². The Kier molecular flexibility index (Phi) is 5.17. The highest BCUT2D eigenvalue weighted by Crippen LogP contribution is 2.29. The quantitative estimate of drug-likeness (QED) is 0.539. The predicted molar refractivity (Wildman–Crippen MR) is 111 cm³/mol. The molecule has 1 aliphatic rings. The summed E-state index contributed by atoms with van der Waals surface area (Å²) in [5.41, 5.74) is 2.18. The number of rotatable bonds is 5. The maximum absolute atomic E-state index is 12.7. The number of aromatic nitrogens is 1. The molecule has 4 amide bonds. The van der Waals surface area contributed by atoms with Crippen LogP contribution in [0.3, 0.4) is 0 Å². The fourth-order valence-corrected chi connectivity index (χ4v) is 3.67. The standard InChI is InChI=1S/C20H16Cl2N4O3/c21-13-5-3-7-15(18(13)22)24-17(27)10-26-19(28)16(25-20(26)29)8-11-9-23-14-6-2-1-4-12(11)14/h1-7,9,16,23H,8,10H2,(H,24,27)(H,25,29)/t16-/m0/s1. The van der Waals surface area contributed by atoms with Gasteiger partial charge in [-0.15, -0.1) is 0 Å². The number of amides is 4. The van der Waals surface area contributed by atoms with E-state index in [9.17, 15) is 14.4 Å². The highest BCUT2D eigenvalue weighted by molar-refractivity contribution is 6.44. The van der Waals surface area contributed by atoms with Crippen LogP contribution in [0.25, 0.3) is 10.9 Å². The van der Waals surface area contributed by atoms with Gasteiger partial charge in [0.25, 0.3) is 5.91 Å². The Morgan fingerprint density at radius 3 is 2.72 bits per heavy atom. The van der Waals surface area contributed by atoms with Crippen LogP contribution in [0, 0.1) is 0 Å². The highest BCUT2D eigenvalue weighted by atomic mass is 35.5. The zero-order valence-electron chi connectivity index (χ0n) is 15.0. The molecule has 0 aliphatic carbocycles. The Morgan fingerprint density at radius 2 is 1.90 bits per heavy atom. The van der Waals surface area contributed by atoms with Crippen LogP contribution in [-0.4, -0.2) is 40.3 Å². The average Bonchev–Trinajstić information content (AvgIpc) is 3.22. The van der Waals surface area contributed by atoms with Gasteiger partial charge >= 0.3 is 6.03 Å². The fraction of sp³-hybridized carbons (Fsp3) is 0.150. The molecular weight excluding hydrogens is 415 g/mol. The number of fused-ring (bicyclic) bond motifs is 1. The molecule has 1 aliphatic heterocycles. The van der Waals surface area contributed by atoms with Gasteiger partial charge in [-0.2, -0.15) is 0 Å². The molecule has 1 aromatic heterocycles. The first-order valence-corrected chi connectivity index (χ1v) is 9.60. The summed E-state index contributed by atoms with van der Waals surface area (Å²) in [6.07, 6.45) is 2.15. The molecule has 9 heteroatoms. The van der Waals surface area contributed by atoms with Crippen LogP contribution in [0.2, 0.25) is 10.0 Å². The van der Waals surface area contributed by atoms with Crippen molar-refractivity contribution >= 4 is 57.6 Å². The number of H-pyrrole nitrogens is 1. The number of halogens is 2. The van der Waals surface area contributed by atoms with Crippen molar-refractivity contribution in [3.05, 3.63) is 64.3 Å². The molecular formula is C20H16Cl2N4O3. The molecule has 4 rings (SSSR count). The van der Waals surface area contributed by atoms with E-state index in [4.69, 9.17) is 23.2 Å². The van der Waals surface area contributed by atoms with E-state index in [1.165, 1.54) is 0 Å². The van der Waals surface area contributed by atoms with E-state index in [0.717, 1.165) is 21.4 Å². The van der Waals surface area contributed by atoms with Crippen LogP contribution in [0.1, 0.15) is 5.56 Å². The second-order valence-electron chi connectivity index (χ2n) is 6.64. The molecule has 0 saturated carbocycles. The van der Waals surface area contributed by atoms with E-state index in [-0.39, 0.29) is 5.02 Å². The van der Waals surface area contributed by atoms with Crippen molar-refractivity contribution in [1.29, 1.82) is 0 Å². The number of hydrogen-bond acceptors (Lipinski definition) is 3. The number of nitrogens with zero attached hydrogens (tertiary/aromatic N) is 1. The lowest BCUT2D eigenvalue weighted by atomic mass is 10.1. The van der Waals surface area contributed by atoms with E-state index < -0.39 is 30.4 Å². The third-order valence-corrected chi connectivity index (χ3v) is 5.55. The average molecular weight is 431 g/mol. The largest absolute Gasteiger partial charge is 0.361 e. The van der Waals surface area contributed by atoms with Crippen LogP contribution in [0.5, 0.6) is 0 Å². The number of anilines is 1. The third kappa shape index (κ3) is 3.79. The summed E-state index contributed by atoms with van der Waals surface area (Å²) in [5, 5.41) is 6.68. The maximum Gasteiger partial charge on any atom is 0.325 e. The lowest BCUT2D eigenvalue weighted by Gasteiger charge is -2.14. The van der Waals surface area contributed by atoms with Gasteiger partial charge in [0.15, 0.2) is 0 Å². The highest BCUT2D eigenvalue weighted by Gasteiger charge is 2.39. The van der Waals surface area contributed by atoms with Gasteiger partial charge in [0.2, 0.25) is 5.91 Å². The Labute approximate surface area is 176 Å². The van der Waals surface area contributed by atoms with Gasteiger partial charge in [-0.25, -0.2) is 4.79 Å². The number of carbonyl (C=O) groups excluding carboxylic acids is 3. The molecule has 3 aromatic rings. The summed E-state index contributed by atoms with van der Waals surface area (Å²) >= 11 is 12.0. The molecule has 148 valence electrons. The number of aromatic amines is 1. The Morgan fingerprint density at radius 1 is 1.10 bits per heavy atom. The fourth-order valence-electron chi connectivity index (χ4n) is 3.32. The number of nitrogens with one attached hydrogen (secondary N) is 3. The first-order valence-electron chi connectivity index (χ1n) is 8.85. The van der Waals surface area contributed by atoms with Crippen molar-refractivity contribution in [2.24, 2.45) is 0 Å².